The average molecular weight is 471 g/mol. The number of carbonyl (C=O) groups excluding carboxylic acids is 1. The van der Waals surface area contributed by atoms with Crippen LogP contribution in [0.5, 0.6) is 5.75 Å². The number of anilines is 1. The van der Waals surface area contributed by atoms with Gasteiger partial charge >= 0.3 is 6.03 Å². The second-order valence-corrected chi connectivity index (χ2v) is 8.38. The maximum atomic E-state index is 13.8. The number of hydrogen-bond donors (Lipinski definition) is 1. The number of hydrogen-bond acceptors (Lipinski definition) is 4. The molecule has 0 aliphatic rings. The lowest BCUT2D eigenvalue weighted by Crippen LogP contribution is -2.42. The molecule has 2 unspecified atom stereocenters. The Morgan fingerprint density at radius 1 is 0.971 bits per heavy atom. The molecule has 0 saturated carbocycles. The summed E-state index contributed by atoms with van der Waals surface area (Å²) in [5.41, 5.74) is 3.03. The normalized spacial score (nSPS) is 12.7. The maximum Gasteiger partial charge on any atom is 0.323 e. The van der Waals surface area contributed by atoms with Gasteiger partial charge in [0.15, 0.2) is 0 Å². The van der Waals surface area contributed by atoms with E-state index in [1.165, 1.54) is 0 Å². The summed E-state index contributed by atoms with van der Waals surface area (Å²) < 4.78 is 7.28. The van der Waals surface area contributed by atoms with Crippen molar-refractivity contribution >= 4 is 22.8 Å². The highest BCUT2D eigenvalue weighted by molar-refractivity contribution is 5.91. The summed E-state index contributed by atoms with van der Waals surface area (Å²) in [7, 11) is 1.73. The largest absolute Gasteiger partial charge is 0.492 e. The minimum atomic E-state index is -0.604. The minimum absolute atomic E-state index is 0.232. The zero-order chi connectivity index (χ0) is 24.9. The van der Waals surface area contributed by atoms with Crippen molar-refractivity contribution in [1.29, 1.82) is 0 Å². The van der Waals surface area contributed by atoms with Gasteiger partial charge in [0.1, 0.15) is 11.4 Å². The van der Waals surface area contributed by atoms with Crippen molar-refractivity contribution in [1.82, 2.24) is 14.5 Å². The lowest BCUT2D eigenvalue weighted by Gasteiger charge is -2.34. The third-order valence-corrected chi connectivity index (χ3v) is 6.18. The Balaban J connectivity index is 1.78. The van der Waals surface area contributed by atoms with Gasteiger partial charge in [0.05, 0.1) is 35.4 Å². The molecule has 180 valence electrons. The molecule has 2 atom stereocenters. The van der Waals surface area contributed by atoms with E-state index in [9.17, 15) is 9.59 Å². The number of fused-ring (bicyclic) bond motifs is 1. The molecule has 0 saturated heterocycles. The van der Waals surface area contributed by atoms with Crippen LogP contribution in [-0.2, 0) is 7.05 Å². The van der Waals surface area contributed by atoms with Crippen LogP contribution in [0.2, 0.25) is 0 Å². The van der Waals surface area contributed by atoms with Gasteiger partial charge in [-0.25, -0.2) is 9.78 Å². The molecule has 35 heavy (non-hydrogen) atoms. The minimum Gasteiger partial charge on any atom is -0.492 e. The van der Waals surface area contributed by atoms with Crippen LogP contribution in [0, 0.1) is 0 Å². The first-order chi connectivity index (χ1) is 16.9. The van der Waals surface area contributed by atoms with E-state index < -0.39 is 6.04 Å². The summed E-state index contributed by atoms with van der Waals surface area (Å²) >= 11 is 0. The second-order valence-electron chi connectivity index (χ2n) is 8.38. The quantitative estimate of drug-likeness (QED) is 0.377. The number of ether oxygens (including phenoxy) is 1. The maximum absolute atomic E-state index is 13.8. The van der Waals surface area contributed by atoms with Crippen LogP contribution in [-0.4, -0.2) is 27.1 Å². The van der Waals surface area contributed by atoms with E-state index in [2.05, 4.69) is 10.3 Å². The topological polar surface area (TPSA) is 76.5 Å². The van der Waals surface area contributed by atoms with Gasteiger partial charge in [0, 0.05) is 7.05 Å². The van der Waals surface area contributed by atoms with E-state index in [1.54, 1.807) is 22.6 Å². The first-order valence-corrected chi connectivity index (χ1v) is 11.7. The monoisotopic (exact) mass is 470 g/mol. The lowest BCUT2D eigenvalue weighted by molar-refractivity contribution is 0.165. The Morgan fingerprint density at radius 2 is 1.63 bits per heavy atom. The van der Waals surface area contributed by atoms with E-state index in [0.29, 0.717) is 29.3 Å². The molecule has 0 fully saturated rings. The highest BCUT2D eigenvalue weighted by Crippen LogP contribution is 2.31. The smallest absolute Gasteiger partial charge is 0.323 e. The van der Waals surface area contributed by atoms with Gasteiger partial charge in [-0.15, -0.1) is 0 Å². The predicted molar refractivity (Wildman–Crippen MR) is 139 cm³/mol. The van der Waals surface area contributed by atoms with Crippen LogP contribution in [0.3, 0.4) is 0 Å². The molecule has 3 aromatic carbocycles. The number of nitrogens with zero attached hydrogens (tertiary/aromatic N) is 3. The standard InChI is InChI=1S/C28H30N4O3/c1-5-35-25-18-12-10-16-23(25)30-28(34)32(19(2)21-13-7-6-8-14-21)20(3)26-27(33)31(4)24-17-11-9-15-22(24)29-26/h6-20H,5H2,1-4H3,(H,30,34). The van der Waals surface area contributed by atoms with Crippen LogP contribution in [0.15, 0.2) is 83.7 Å². The summed E-state index contributed by atoms with van der Waals surface area (Å²) in [4.78, 5) is 33.5. The molecule has 1 N–H and O–H groups in total. The Labute approximate surface area is 205 Å². The van der Waals surface area contributed by atoms with Crippen molar-refractivity contribution in [2.75, 3.05) is 11.9 Å². The SMILES string of the molecule is CCOc1ccccc1NC(=O)N(C(C)c1ccccc1)C(C)c1nc2ccccc2n(C)c1=O. The molecular formula is C28H30N4O3. The highest BCUT2D eigenvalue weighted by Gasteiger charge is 2.31. The van der Waals surface area contributed by atoms with Crippen molar-refractivity contribution < 1.29 is 9.53 Å². The molecule has 4 rings (SSSR count). The molecule has 7 nitrogen and oxygen atoms in total. The predicted octanol–water partition coefficient (Wildman–Crippen LogP) is 5.69. The van der Waals surface area contributed by atoms with Crippen LogP contribution in [0.4, 0.5) is 10.5 Å². The summed E-state index contributed by atoms with van der Waals surface area (Å²) in [5.74, 6) is 0.586. The second kappa shape index (κ2) is 10.4. The van der Waals surface area contributed by atoms with Crippen LogP contribution >= 0.6 is 0 Å². The van der Waals surface area contributed by atoms with E-state index in [1.807, 2.05) is 93.6 Å². The molecule has 0 spiro atoms. The van der Waals surface area contributed by atoms with Crippen molar-refractivity contribution in [3.05, 3.63) is 100 Å². The number of aryl methyl sites for hydroxylation is 1. The molecule has 1 heterocycles. The van der Waals surface area contributed by atoms with Crippen molar-refractivity contribution in [2.24, 2.45) is 7.05 Å². The van der Waals surface area contributed by atoms with Gasteiger partial charge < -0.3 is 19.5 Å². The fourth-order valence-corrected chi connectivity index (χ4v) is 4.32. The van der Waals surface area contributed by atoms with E-state index >= 15 is 0 Å². The summed E-state index contributed by atoms with van der Waals surface area (Å²) in [5, 5.41) is 2.99. The van der Waals surface area contributed by atoms with Crippen LogP contribution < -0.4 is 15.6 Å². The molecule has 4 aromatic rings. The van der Waals surface area contributed by atoms with E-state index in [4.69, 9.17) is 4.74 Å². The first-order valence-electron chi connectivity index (χ1n) is 11.7. The van der Waals surface area contributed by atoms with Gasteiger partial charge in [-0.2, -0.15) is 0 Å². The fourth-order valence-electron chi connectivity index (χ4n) is 4.32. The Morgan fingerprint density at radius 3 is 2.37 bits per heavy atom. The van der Waals surface area contributed by atoms with Gasteiger partial charge in [-0.3, -0.25) is 4.79 Å². The lowest BCUT2D eigenvalue weighted by atomic mass is 10.0. The van der Waals surface area contributed by atoms with Crippen molar-refractivity contribution in [2.45, 2.75) is 32.9 Å². The van der Waals surface area contributed by atoms with Crippen molar-refractivity contribution in [3.8, 4) is 5.75 Å². The summed E-state index contributed by atoms with van der Waals surface area (Å²) in [6.45, 7) is 6.16. The first kappa shape index (κ1) is 24.0. The van der Waals surface area contributed by atoms with E-state index in [-0.39, 0.29) is 17.6 Å². The summed E-state index contributed by atoms with van der Waals surface area (Å²) in [6.07, 6.45) is 0. The number of urea groups is 1. The zero-order valence-corrected chi connectivity index (χ0v) is 20.4. The number of carbonyl (C=O) groups is 1. The Kier molecular flexibility index (Phi) is 7.15. The third-order valence-electron chi connectivity index (χ3n) is 6.18. The van der Waals surface area contributed by atoms with Crippen LogP contribution in [0.25, 0.3) is 11.0 Å². The zero-order valence-electron chi connectivity index (χ0n) is 20.4. The number of aromatic nitrogens is 2. The van der Waals surface area contributed by atoms with E-state index in [0.717, 1.165) is 11.1 Å². The van der Waals surface area contributed by atoms with Gasteiger partial charge in [-0.1, -0.05) is 54.6 Å². The Bertz CT molecular complexity index is 1380. The van der Waals surface area contributed by atoms with Gasteiger partial charge in [0.25, 0.3) is 5.56 Å². The molecule has 2 amide bonds. The number of para-hydroxylation sites is 4. The molecule has 0 radical (unpaired) electrons. The highest BCUT2D eigenvalue weighted by atomic mass is 16.5. The molecular weight excluding hydrogens is 440 g/mol. The fraction of sp³-hybridized carbons (Fsp3) is 0.250. The number of nitrogens with one attached hydrogen (secondary N) is 1. The molecule has 7 heteroatoms. The molecule has 0 aliphatic carbocycles. The van der Waals surface area contributed by atoms with Gasteiger partial charge in [-0.05, 0) is 50.6 Å². The number of benzene rings is 3. The molecule has 0 bridgehead atoms. The van der Waals surface area contributed by atoms with Gasteiger partial charge in [0.2, 0.25) is 0 Å². The Hall–Kier alpha value is -4.13. The van der Waals surface area contributed by atoms with Crippen molar-refractivity contribution in [3.63, 3.8) is 0 Å². The average Bonchev–Trinajstić information content (AvgIpc) is 2.88. The number of rotatable bonds is 7. The number of amides is 2. The van der Waals surface area contributed by atoms with Crippen LogP contribution in [0.1, 0.15) is 44.1 Å². The molecule has 1 aromatic heterocycles. The summed E-state index contributed by atoms with van der Waals surface area (Å²) in [6, 6.07) is 23.3. The molecule has 0 aliphatic heterocycles. The third kappa shape index (κ3) is 4.89.